The van der Waals surface area contributed by atoms with E-state index in [1.54, 1.807) is 0 Å². The molecule has 2 saturated heterocycles. The van der Waals surface area contributed by atoms with Crippen molar-refractivity contribution in [3.63, 3.8) is 0 Å². The summed E-state index contributed by atoms with van der Waals surface area (Å²) in [5.74, 6) is 0. The molecule has 0 aromatic heterocycles. The summed E-state index contributed by atoms with van der Waals surface area (Å²) in [4.78, 5) is 0. The van der Waals surface area contributed by atoms with E-state index >= 15 is 0 Å². The van der Waals surface area contributed by atoms with Crippen molar-refractivity contribution in [1.29, 1.82) is 0 Å². The molecule has 2 heteroatoms. The van der Waals surface area contributed by atoms with E-state index in [0.717, 1.165) is 13.2 Å². The summed E-state index contributed by atoms with van der Waals surface area (Å²) in [6.45, 7) is 6.47. The van der Waals surface area contributed by atoms with Crippen LogP contribution >= 0.6 is 0 Å². The molecule has 0 N–H and O–H groups in total. The number of hydrogen-bond donors (Lipinski definition) is 0. The van der Waals surface area contributed by atoms with Gasteiger partial charge in [0.05, 0.1) is 12.2 Å². The Morgan fingerprint density at radius 1 is 0.923 bits per heavy atom. The molecule has 2 heterocycles. The average Bonchev–Trinajstić information content (AvgIpc) is 2.78. The highest BCUT2D eigenvalue weighted by Crippen LogP contribution is 2.39. The summed E-state index contributed by atoms with van der Waals surface area (Å²) in [7, 11) is 0. The Kier molecular flexibility index (Phi) is 2.61. The van der Waals surface area contributed by atoms with Crippen molar-refractivity contribution < 1.29 is 9.47 Å². The fourth-order valence-electron chi connectivity index (χ4n) is 2.54. The summed E-state index contributed by atoms with van der Waals surface area (Å²) in [6, 6.07) is 0. The quantitative estimate of drug-likeness (QED) is 0.656. The van der Waals surface area contributed by atoms with Crippen LogP contribution in [0.5, 0.6) is 0 Å². The van der Waals surface area contributed by atoms with Crippen molar-refractivity contribution in [2.45, 2.75) is 51.7 Å². The van der Waals surface area contributed by atoms with E-state index in [2.05, 4.69) is 13.8 Å². The van der Waals surface area contributed by atoms with Crippen LogP contribution in [0, 0.1) is 5.41 Å². The van der Waals surface area contributed by atoms with Gasteiger partial charge in [-0.15, -0.1) is 0 Å². The molecule has 2 rings (SSSR count). The van der Waals surface area contributed by atoms with Gasteiger partial charge in [-0.25, -0.2) is 0 Å². The van der Waals surface area contributed by atoms with Gasteiger partial charge in [0.2, 0.25) is 0 Å². The molecule has 0 aromatic carbocycles. The van der Waals surface area contributed by atoms with Crippen LogP contribution < -0.4 is 0 Å². The third kappa shape index (κ3) is 1.75. The first-order valence-corrected chi connectivity index (χ1v) is 5.44. The predicted molar refractivity (Wildman–Crippen MR) is 51.7 cm³/mol. The predicted octanol–water partition coefficient (Wildman–Crippen LogP) is 2.37. The Labute approximate surface area is 80.6 Å². The van der Waals surface area contributed by atoms with Crippen LogP contribution in [-0.2, 0) is 9.47 Å². The van der Waals surface area contributed by atoms with Gasteiger partial charge in [0, 0.05) is 18.6 Å². The molecule has 76 valence electrons. The van der Waals surface area contributed by atoms with Crippen LogP contribution in [0.4, 0.5) is 0 Å². The summed E-state index contributed by atoms with van der Waals surface area (Å²) in [5, 5.41) is 0. The van der Waals surface area contributed by atoms with Crippen molar-refractivity contribution in [3.05, 3.63) is 0 Å². The van der Waals surface area contributed by atoms with E-state index < -0.39 is 0 Å². The fourth-order valence-corrected chi connectivity index (χ4v) is 2.54. The SMILES string of the molecule is CC(C)(C1CCCO1)[C@@H]1CCCO1. The topological polar surface area (TPSA) is 18.5 Å². The van der Waals surface area contributed by atoms with Crippen LogP contribution in [0.25, 0.3) is 0 Å². The maximum Gasteiger partial charge on any atom is 0.0651 e. The van der Waals surface area contributed by atoms with Crippen LogP contribution in [0.15, 0.2) is 0 Å². The molecule has 0 bridgehead atoms. The highest BCUT2D eigenvalue weighted by Gasteiger charge is 2.41. The largest absolute Gasteiger partial charge is 0.378 e. The Bertz CT molecular complexity index is 147. The molecule has 0 amide bonds. The third-order valence-corrected chi connectivity index (χ3v) is 3.52. The Morgan fingerprint density at radius 3 is 1.69 bits per heavy atom. The second-order valence-corrected chi connectivity index (χ2v) is 4.82. The maximum absolute atomic E-state index is 5.75. The molecule has 2 aliphatic rings. The highest BCUT2D eigenvalue weighted by molar-refractivity contribution is 4.90. The van der Waals surface area contributed by atoms with Gasteiger partial charge >= 0.3 is 0 Å². The minimum atomic E-state index is 0.215. The van der Waals surface area contributed by atoms with Crippen molar-refractivity contribution >= 4 is 0 Å². The molecule has 0 saturated carbocycles. The minimum Gasteiger partial charge on any atom is -0.378 e. The lowest BCUT2D eigenvalue weighted by Gasteiger charge is -2.35. The molecule has 0 aliphatic carbocycles. The van der Waals surface area contributed by atoms with E-state index in [1.807, 2.05) is 0 Å². The summed E-state index contributed by atoms with van der Waals surface area (Å²) in [6.07, 6.45) is 5.73. The Morgan fingerprint density at radius 2 is 1.38 bits per heavy atom. The van der Waals surface area contributed by atoms with Crippen LogP contribution in [0.2, 0.25) is 0 Å². The lowest BCUT2D eigenvalue weighted by atomic mass is 9.78. The van der Waals surface area contributed by atoms with Crippen molar-refractivity contribution in [1.82, 2.24) is 0 Å². The van der Waals surface area contributed by atoms with Gasteiger partial charge in [-0.05, 0) is 25.7 Å². The molecule has 2 fully saturated rings. The number of rotatable bonds is 2. The molecule has 0 aromatic rings. The molecular weight excluding hydrogens is 164 g/mol. The van der Waals surface area contributed by atoms with Crippen molar-refractivity contribution in [3.8, 4) is 0 Å². The molecule has 2 aliphatic heterocycles. The van der Waals surface area contributed by atoms with E-state index in [0.29, 0.717) is 12.2 Å². The maximum atomic E-state index is 5.75. The van der Waals surface area contributed by atoms with Gasteiger partial charge in [-0.3, -0.25) is 0 Å². The Balaban J connectivity index is 1.99. The van der Waals surface area contributed by atoms with Crippen molar-refractivity contribution in [2.24, 2.45) is 5.41 Å². The van der Waals surface area contributed by atoms with Gasteiger partial charge < -0.3 is 9.47 Å². The van der Waals surface area contributed by atoms with Crippen LogP contribution in [0.3, 0.4) is 0 Å². The second-order valence-electron chi connectivity index (χ2n) is 4.82. The van der Waals surface area contributed by atoms with Crippen LogP contribution in [0.1, 0.15) is 39.5 Å². The lowest BCUT2D eigenvalue weighted by Crippen LogP contribution is -2.39. The van der Waals surface area contributed by atoms with E-state index in [4.69, 9.17) is 9.47 Å². The first kappa shape index (κ1) is 9.47. The first-order chi connectivity index (χ1) is 6.21. The highest BCUT2D eigenvalue weighted by atomic mass is 16.5. The van der Waals surface area contributed by atoms with Gasteiger partial charge in [-0.2, -0.15) is 0 Å². The van der Waals surface area contributed by atoms with E-state index in [9.17, 15) is 0 Å². The summed E-state index contributed by atoms with van der Waals surface area (Å²) >= 11 is 0. The first-order valence-electron chi connectivity index (χ1n) is 5.44. The van der Waals surface area contributed by atoms with Gasteiger partial charge in [-0.1, -0.05) is 13.8 Å². The van der Waals surface area contributed by atoms with Crippen molar-refractivity contribution in [2.75, 3.05) is 13.2 Å². The van der Waals surface area contributed by atoms with Gasteiger partial charge in [0.1, 0.15) is 0 Å². The number of hydrogen-bond acceptors (Lipinski definition) is 2. The van der Waals surface area contributed by atoms with Crippen LogP contribution in [-0.4, -0.2) is 25.4 Å². The molecule has 2 atom stereocenters. The van der Waals surface area contributed by atoms with E-state index in [1.165, 1.54) is 25.7 Å². The molecule has 1 unspecified atom stereocenters. The zero-order valence-electron chi connectivity index (χ0n) is 8.71. The van der Waals surface area contributed by atoms with Gasteiger partial charge in [0.15, 0.2) is 0 Å². The zero-order chi connectivity index (χ0) is 9.31. The standard InChI is InChI=1S/C11H20O2/c1-11(2,9-5-3-7-12-9)10-6-4-8-13-10/h9-10H,3-8H2,1-2H3/t9-,10?/m0/s1. The minimum absolute atomic E-state index is 0.215. The normalized spacial score (nSPS) is 35.5. The molecule has 0 spiro atoms. The summed E-state index contributed by atoms with van der Waals surface area (Å²) in [5.41, 5.74) is 0.215. The zero-order valence-corrected chi connectivity index (χ0v) is 8.71. The molecule has 2 nitrogen and oxygen atoms in total. The van der Waals surface area contributed by atoms with E-state index in [-0.39, 0.29) is 5.41 Å². The fraction of sp³-hybridized carbons (Fsp3) is 1.00. The third-order valence-electron chi connectivity index (χ3n) is 3.52. The summed E-state index contributed by atoms with van der Waals surface area (Å²) < 4.78 is 11.5. The molecular formula is C11H20O2. The smallest absolute Gasteiger partial charge is 0.0651 e. The lowest BCUT2D eigenvalue weighted by molar-refractivity contribution is -0.0681. The molecule has 0 radical (unpaired) electrons. The Hall–Kier alpha value is -0.0800. The second kappa shape index (κ2) is 3.58. The molecule has 13 heavy (non-hydrogen) atoms. The monoisotopic (exact) mass is 184 g/mol. The van der Waals surface area contributed by atoms with Gasteiger partial charge in [0.25, 0.3) is 0 Å². The number of ether oxygens (including phenoxy) is 2. The average molecular weight is 184 g/mol.